The number of carbonyl (C=O) groups is 1. The lowest BCUT2D eigenvalue weighted by Crippen LogP contribution is -2.47. The Balaban J connectivity index is 2.43. The molecule has 0 aromatic carbocycles. The maximum atomic E-state index is 12.5. The van der Waals surface area contributed by atoms with Gasteiger partial charge in [-0.15, -0.1) is 0 Å². The number of sulfonamides is 1. The molecule has 0 bridgehead atoms. The van der Waals surface area contributed by atoms with Crippen molar-refractivity contribution in [2.45, 2.75) is 37.1 Å². The van der Waals surface area contributed by atoms with Crippen molar-refractivity contribution >= 4 is 16.0 Å². The molecule has 0 aliphatic carbocycles. The quantitative estimate of drug-likeness (QED) is 0.866. The van der Waals surface area contributed by atoms with Crippen molar-refractivity contribution in [1.82, 2.24) is 14.1 Å². The van der Waals surface area contributed by atoms with Crippen LogP contribution in [0.4, 0.5) is 0 Å². The van der Waals surface area contributed by atoms with Crippen LogP contribution in [0.3, 0.4) is 0 Å². The summed E-state index contributed by atoms with van der Waals surface area (Å²) in [6.07, 6.45) is 3.18. The number of nitrogens with zero attached hydrogens (tertiary/aromatic N) is 3. The van der Waals surface area contributed by atoms with E-state index in [-0.39, 0.29) is 11.4 Å². The minimum Gasteiger partial charge on any atom is -0.480 e. The van der Waals surface area contributed by atoms with Gasteiger partial charge < -0.3 is 5.11 Å². The highest BCUT2D eigenvalue weighted by Gasteiger charge is 2.38. The van der Waals surface area contributed by atoms with Crippen LogP contribution >= 0.6 is 0 Å². The van der Waals surface area contributed by atoms with Gasteiger partial charge in [0.1, 0.15) is 10.9 Å². The predicted molar refractivity (Wildman–Crippen MR) is 67.1 cm³/mol. The second-order valence-electron chi connectivity index (χ2n) is 4.72. The number of piperidine rings is 1. The number of carboxylic acids is 1. The third-order valence-electron chi connectivity index (χ3n) is 3.29. The smallest absolute Gasteiger partial charge is 0.322 e. The Labute approximate surface area is 111 Å². The standard InChI is InChI=1S/C11H17N3O4S/c1-8-10(7-13(2)12-8)19(17,18)14-6-4-3-5-9(14)11(15)16/h7,9H,3-6H2,1-2H3,(H,15,16). The highest BCUT2D eigenvalue weighted by atomic mass is 32.2. The summed E-state index contributed by atoms with van der Waals surface area (Å²) in [5.41, 5.74) is 0.386. The molecule has 1 aliphatic heterocycles. The average molecular weight is 287 g/mol. The Morgan fingerprint density at radius 3 is 2.68 bits per heavy atom. The lowest BCUT2D eigenvalue weighted by molar-refractivity contribution is -0.142. The van der Waals surface area contributed by atoms with Crippen molar-refractivity contribution in [1.29, 1.82) is 0 Å². The van der Waals surface area contributed by atoms with E-state index in [4.69, 9.17) is 5.11 Å². The Hall–Kier alpha value is -1.41. The van der Waals surface area contributed by atoms with Crippen LogP contribution in [-0.4, -0.2) is 46.2 Å². The zero-order valence-electron chi connectivity index (χ0n) is 10.9. The summed E-state index contributed by atoms with van der Waals surface area (Å²) in [4.78, 5) is 11.3. The van der Waals surface area contributed by atoms with Crippen LogP contribution in [0.1, 0.15) is 25.0 Å². The van der Waals surface area contributed by atoms with E-state index in [2.05, 4.69) is 5.10 Å². The number of hydrogen-bond acceptors (Lipinski definition) is 4. The summed E-state index contributed by atoms with van der Waals surface area (Å²) in [7, 11) is -2.16. The van der Waals surface area contributed by atoms with Gasteiger partial charge in [-0.1, -0.05) is 0 Å². The molecular weight excluding hydrogens is 270 g/mol. The fourth-order valence-electron chi connectivity index (χ4n) is 2.40. The minimum absolute atomic E-state index is 0.0862. The molecule has 1 atom stereocenters. The molecule has 7 nitrogen and oxygen atoms in total. The molecule has 1 unspecified atom stereocenters. The lowest BCUT2D eigenvalue weighted by atomic mass is 10.1. The summed E-state index contributed by atoms with van der Waals surface area (Å²) in [6, 6.07) is -0.974. The maximum absolute atomic E-state index is 12.5. The van der Waals surface area contributed by atoms with E-state index in [1.165, 1.54) is 10.9 Å². The van der Waals surface area contributed by atoms with Gasteiger partial charge in [-0.25, -0.2) is 8.42 Å². The largest absolute Gasteiger partial charge is 0.480 e. The molecule has 0 amide bonds. The van der Waals surface area contributed by atoms with E-state index in [9.17, 15) is 13.2 Å². The van der Waals surface area contributed by atoms with Crippen molar-refractivity contribution in [2.24, 2.45) is 7.05 Å². The summed E-state index contributed by atoms with van der Waals surface area (Å²) < 4.78 is 27.6. The molecule has 1 aromatic heterocycles. The molecule has 1 N–H and O–H groups in total. The average Bonchev–Trinajstić information content (AvgIpc) is 2.69. The van der Waals surface area contributed by atoms with Crippen molar-refractivity contribution in [2.75, 3.05) is 6.54 Å². The summed E-state index contributed by atoms with van der Waals surface area (Å²) in [5.74, 6) is -1.09. The predicted octanol–water partition coefficient (Wildman–Crippen LogP) is 0.356. The highest BCUT2D eigenvalue weighted by molar-refractivity contribution is 7.89. The van der Waals surface area contributed by atoms with Gasteiger partial charge in [0.05, 0.1) is 5.69 Å². The normalized spacial score (nSPS) is 21.5. The number of aliphatic carboxylic acids is 1. The van der Waals surface area contributed by atoms with Gasteiger partial charge in [-0.3, -0.25) is 9.48 Å². The lowest BCUT2D eigenvalue weighted by Gasteiger charge is -2.31. The molecule has 1 aliphatic rings. The number of carboxylic acid groups (broad SMARTS) is 1. The minimum atomic E-state index is -3.80. The zero-order valence-corrected chi connectivity index (χ0v) is 11.7. The van der Waals surface area contributed by atoms with Gasteiger partial charge in [0, 0.05) is 19.8 Å². The molecule has 1 saturated heterocycles. The van der Waals surface area contributed by atoms with Crippen LogP contribution in [-0.2, 0) is 21.9 Å². The third kappa shape index (κ3) is 2.50. The number of aromatic nitrogens is 2. The molecular formula is C11H17N3O4S. The topological polar surface area (TPSA) is 92.5 Å². The van der Waals surface area contributed by atoms with Gasteiger partial charge in [0.2, 0.25) is 10.0 Å². The first-order chi connectivity index (χ1) is 8.84. The van der Waals surface area contributed by atoms with Crippen molar-refractivity contribution in [3.8, 4) is 0 Å². The van der Waals surface area contributed by atoms with E-state index in [1.807, 2.05) is 0 Å². The van der Waals surface area contributed by atoms with Gasteiger partial charge >= 0.3 is 5.97 Å². The van der Waals surface area contributed by atoms with Crippen molar-refractivity contribution in [3.63, 3.8) is 0 Å². The first kappa shape index (κ1) is 14.0. The van der Waals surface area contributed by atoms with Crippen LogP contribution in [0.15, 0.2) is 11.1 Å². The molecule has 2 heterocycles. The van der Waals surface area contributed by atoms with Crippen LogP contribution < -0.4 is 0 Å². The van der Waals surface area contributed by atoms with Crippen LogP contribution in [0, 0.1) is 6.92 Å². The molecule has 0 spiro atoms. The second kappa shape index (κ2) is 4.93. The van der Waals surface area contributed by atoms with Gasteiger partial charge in [-0.2, -0.15) is 9.40 Å². The number of aryl methyl sites for hydroxylation is 2. The number of rotatable bonds is 3. The van der Waals surface area contributed by atoms with E-state index in [1.54, 1.807) is 14.0 Å². The maximum Gasteiger partial charge on any atom is 0.322 e. The van der Waals surface area contributed by atoms with Crippen molar-refractivity contribution in [3.05, 3.63) is 11.9 Å². The first-order valence-electron chi connectivity index (χ1n) is 6.09. The SMILES string of the molecule is Cc1nn(C)cc1S(=O)(=O)N1CCCCC1C(=O)O. The van der Waals surface area contributed by atoms with E-state index >= 15 is 0 Å². The van der Waals surface area contributed by atoms with Gasteiger partial charge in [0.15, 0.2) is 0 Å². The van der Waals surface area contributed by atoms with Crippen LogP contribution in [0.5, 0.6) is 0 Å². The molecule has 2 rings (SSSR count). The van der Waals surface area contributed by atoms with E-state index < -0.39 is 22.0 Å². The molecule has 1 fully saturated rings. The Morgan fingerprint density at radius 1 is 1.47 bits per heavy atom. The molecule has 0 saturated carbocycles. The number of hydrogen-bond donors (Lipinski definition) is 1. The third-order valence-corrected chi connectivity index (χ3v) is 5.30. The van der Waals surface area contributed by atoms with E-state index in [0.29, 0.717) is 18.5 Å². The Morgan fingerprint density at radius 2 is 2.16 bits per heavy atom. The zero-order chi connectivity index (χ0) is 14.2. The van der Waals surface area contributed by atoms with E-state index in [0.717, 1.165) is 10.7 Å². The van der Waals surface area contributed by atoms with Crippen LogP contribution in [0.25, 0.3) is 0 Å². The summed E-state index contributed by atoms with van der Waals surface area (Å²) in [5, 5.41) is 13.2. The summed E-state index contributed by atoms with van der Waals surface area (Å²) >= 11 is 0. The molecule has 106 valence electrons. The second-order valence-corrected chi connectivity index (χ2v) is 6.58. The fraction of sp³-hybridized carbons (Fsp3) is 0.636. The summed E-state index contributed by atoms with van der Waals surface area (Å²) in [6.45, 7) is 1.85. The van der Waals surface area contributed by atoms with Gasteiger partial charge in [0.25, 0.3) is 0 Å². The highest BCUT2D eigenvalue weighted by Crippen LogP contribution is 2.26. The van der Waals surface area contributed by atoms with Crippen LogP contribution in [0.2, 0.25) is 0 Å². The Kier molecular flexibility index (Phi) is 3.64. The molecule has 1 aromatic rings. The monoisotopic (exact) mass is 287 g/mol. The molecule has 19 heavy (non-hydrogen) atoms. The van der Waals surface area contributed by atoms with Crippen molar-refractivity contribution < 1.29 is 18.3 Å². The van der Waals surface area contributed by atoms with Gasteiger partial charge in [-0.05, 0) is 26.2 Å². The fourth-order valence-corrected chi connectivity index (χ4v) is 4.25. The molecule has 0 radical (unpaired) electrons. The molecule has 8 heteroatoms. The first-order valence-corrected chi connectivity index (χ1v) is 7.53. The Bertz CT molecular complexity index is 593.